The van der Waals surface area contributed by atoms with Crippen LogP contribution < -0.4 is 14.8 Å². The van der Waals surface area contributed by atoms with Crippen molar-refractivity contribution in [2.45, 2.75) is 6.04 Å². The first-order valence-corrected chi connectivity index (χ1v) is 8.07. The zero-order valence-electron chi connectivity index (χ0n) is 14.5. The normalized spacial score (nSPS) is 11.5. The lowest BCUT2D eigenvalue weighted by atomic mass is 9.97. The molecule has 0 bridgehead atoms. The molecule has 3 aromatic rings. The molecule has 0 radical (unpaired) electrons. The monoisotopic (exact) mass is 349 g/mol. The molecule has 3 rings (SSSR count). The van der Waals surface area contributed by atoms with Gasteiger partial charge in [0.1, 0.15) is 11.4 Å². The lowest BCUT2D eigenvalue weighted by Crippen LogP contribution is -2.30. The predicted octanol–water partition coefficient (Wildman–Crippen LogP) is 3.01. The molecule has 1 aromatic heterocycles. The highest BCUT2D eigenvalue weighted by molar-refractivity contribution is 5.92. The van der Waals surface area contributed by atoms with E-state index in [9.17, 15) is 4.79 Å². The van der Waals surface area contributed by atoms with E-state index >= 15 is 0 Å². The van der Waals surface area contributed by atoms with Gasteiger partial charge in [0.2, 0.25) is 5.88 Å². The minimum absolute atomic E-state index is 0.181. The number of para-hydroxylation sites is 1. The van der Waals surface area contributed by atoms with Crippen molar-refractivity contribution in [3.05, 3.63) is 83.8 Å². The maximum Gasteiger partial charge on any atom is 0.272 e. The molecule has 0 saturated heterocycles. The summed E-state index contributed by atoms with van der Waals surface area (Å²) in [6.07, 6.45) is 2.85. The number of carbonyl (C=O) groups is 1. The summed E-state index contributed by atoms with van der Waals surface area (Å²) in [5.41, 5.74) is 1.96. The average molecular weight is 349 g/mol. The quantitative estimate of drug-likeness (QED) is 0.740. The largest absolute Gasteiger partial charge is 0.496 e. The number of carbonyl (C=O) groups excluding carboxylic acids is 1. The molecule has 1 heterocycles. The van der Waals surface area contributed by atoms with E-state index < -0.39 is 6.04 Å². The van der Waals surface area contributed by atoms with Crippen molar-refractivity contribution in [3.63, 3.8) is 0 Å². The van der Waals surface area contributed by atoms with Crippen molar-refractivity contribution in [2.24, 2.45) is 0 Å². The molecule has 0 fully saturated rings. The summed E-state index contributed by atoms with van der Waals surface area (Å²) in [6.45, 7) is 0. The summed E-state index contributed by atoms with van der Waals surface area (Å²) in [6, 6.07) is 16.9. The average Bonchev–Trinajstić information content (AvgIpc) is 2.72. The zero-order chi connectivity index (χ0) is 18.4. The van der Waals surface area contributed by atoms with Crippen LogP contribution in [0.3, 0.4) is 0 Å². The maximum atomic E-state index is 12.8. The van der Waals surface area contributed by atoms with Crippen LogP contribution in [0.5, 0.6) is 11.6 Å². The fourth-order valence-electron chi connectivity index (χ4n) is 2.65. The van der Waals surface area contributed by atoms with Gasteiger partial charge in [0.05, 0.1) is 32.7 Å². The van der Waals surface area contributed by atoms with Crippen molar-refractivity contribution in [2.75, 3.05) is 14.2 Å². The summed E-state index contributed by atoms with van der Waals surface area (Å²) in [5.74, 6) is 0.626. The molecule has 1 unspecified atom stereocenters. The van der Waals surface area contributed by atoms with Crippen LogP contribution in [0.1, 0.15) is 27.7 Å². The second-order valence-electron chi connectivity index (χ2n) is 5.51. The Bertz CT molecular complexity index is 884. The van der Waals surface area contributed by atoms with Crippen LogP contribution in [0.25, 0.3) is 0 Å². The minimum Gasteiger partial charge on any atom is -0.496 e. The lowest BCUT2D eigenvalue weighted by Gasteiger charge is -2.21. The standard InChI is InChI=1S/C20H19N3O3/c1-25-17-11-7-6-10-15(17)19(14-8-4-3-5-9-14)23-20(24)16-12-21-13-18(22-16)26-2/h3-13,19H,1-2H3,(H,23,24). The minimum atomic E-state index is -0.396. The third-order valence-corrected chi connectivity index (χ3v) is 3.91. The third kappa shape index (κ3) is 3.80. The molecule has 26 heavy (non-hydrogen) atoms. The zero-order valence-corrected chi connectivity index (χ0v) is 14.5. The van der Waals surface area contributed by atoms with E-state index in [0.717, 1.165) is 11.1 Å². The van der Waals surface area contributed by atoms with Gasteiger partial charge in [-0.2, -0.15) is 0 Å². The number of ether oxygens (including phenoxy) is 2. The van der Waals surface area contributed by atoms with Gasteiger partial charge in [0.15, 0.2) is 0 Å². The second kappa shape index (κ2) is 8.11. The molecule has 0 spiro atoms. The van der Waals surface area contributed by atoms with Crippen LogP contribution in [0.4, 0.5) is 0 Å². The smallest absolute Gasteiger partial charge is 0.272 e. The Balaban J connectivity index is 1.97. The van der Waals surface area contributed by atoms with Crippen LogP contribution in [0.15, 0.2) is 67.0 Å². The van der Waals surface area contributed by atoms with Crippen molar-refractivity contribution in [3.8, 4) is 11.6 Å². The molecule has 6 nitrogen and oxygen atoms in total. The van der Waals surface area contributed by atoms with E-state index in [1.807, 2.05) is 54.6 Å². The number of amides is 1. The van der Waals surface area contributed by atoms with Gasteiger partial charge in [-0.25, -0.2) is 4.98 Å². The molecule has 0 saturated carbocycles. The summed E-state index contributed by atoms with van der Waals surface area (Å²) in [7, 11) is 3.09. The molecule has 1 amide bonds. The molecule has 1 atom stereocenters. The Morgan fingerprint density at radius 3 is 2.42 bits per heavy atom. The molecule has 0 aliphatic heterocycles. The number of hydrogen-bond donors (Lipinski definition) is 1. The van der Waals surface area contributed by atoms with Gasteiger partial charge in [0, 0.05) is 5.56 Å². The SMILES string of the molecule is COc1cncc(C(=O)NC(c2ccccc2)c2ccccc2OC)n1. The van der Waals surface area contributed by atoms with Crippen LogP contribution in [0.2, 0.25) is 0 Å². The fourth-order valence-corrected chi connectivity index (χ4v) is 2.65. The van der Waals surface area contributed by atoms with Crippen molar-refractivity contribution in [1.82, 2.24) is 15.3 Å². The van der Waals surface area contributed by atoms with E-state index in [0.29, 0.717) is 5.75 Å². The topological polar surface area (TPSA) is 73.3 Å². The van der Waals surface area contributed by atoms with Gasteiger partial charge in [-0.05, 0) is 11.6 Å². The number of rotatable bonds is 6. The molecular weight excluding hydrogens is 330 g/mol. The number of nitrogens with zero attached hydrogens (tertiary/aromatic N) is 2. The summed E-state index contributed by atoms with van der Waals surface area (Å²) < 4.78 is 10.5. The van der Waals surface area contributed by atoms with Crippen LogP contribution >= 0.6 is 0 Å². The van der Waals surface area contributed by atoms with Gasteiger partial charge in [-0.1, -0.05) is 48.5 Å². The van der Waals surface area contributed by atoms with Gasteiger partial charge < -0.3 is 14.8 Å². The number of methoxy groups -OCH3 is 2. The van der Waals surface area contributed by atoms with Crippen LogP contribution in [-0.4, -0.2) is 30.1 Å². The third-order valence-electron chi connectivity index (χ3n) is 3.91. The Kier molecular flexibility index (Phi) is 5.43. The van der Waals surface area contributed by atoms with Crippen LogP contribution in [-0.2, 0) is 0 Å². The first-order chi connectivity index (χ1) is 12.7. The molecule has 132 valence electrons. The van der Waals surface area contributed by atoms with Gasteiger partial charge >= 0.3 is 0 Å². The highest BCUT2D eigenvalue weighted by Gasteiger charge is 2.22. The van der Waals surface area contributed by atoms with E-state index in [1.165, 1.54) is 19.5 Å². The Morgan fingerprint density at radius 1 is 0.962 bits per heavy atom. The number of nitrogens with one attached hydrogen (secondary N) is 1. The molecule has 2 aromatic carbocycles. The number of benzene rings is 2. The predicted molar refractivity (Wildman–Crippen MR) is 97.3 cm³/mol. The molecule has 0 aliphatic rings. The number of hydrogen-bond acceptors (Lipinski definition) is 5. The maximum absolute atomic E-state index is 12.8. The van der Waals surface area contributed by atoms with Crippen molar-refractivity contribution < 1.29 is 14.3 Å². The van der Waals surface area contributed by atoms with E-state index in [4.69, 9.17) is 9.47 Å². The molecule has 1 N–H and O–H groups in total. The molecular formula is C20H19N3O3. The fraction of sp³-hybridized carbons (Fsp3) is 0.150. The lowest BCUT2D eigenvalue weighted by molar-refractivity contribution is 0.0936. The van der Waals surface area contributed by atoms with Crippen LogP contribution in [0, 0.1) is 0 Å². The highest BCUT2D eigenvalue weighted by Crippen LogP contribution is 2.30. The Morgan fingerprint density at radius 2 is 1.69 bits per heavy atom. The second-order valence-corrected chi connectivity index (χ2v) is 5.51. The highest BCUT2D eigenvalue weighted by atomic mass is 16.5. The summed E-state index contributed by atoms with van der Waals surface area (Å²) in [4.78, 5) is 20.9. The molecule has 0 aliphatic carbocycles. The van der Waals surface area contributed by atoms with E-state index in [-0.39, 0.29) is 17.5 Å². The van der Waals surface area contributed by atoms with E-state index in [2.05, 4.69) is 15.3 Å². The van der Waals surface area contributed by atoms with Gasteiger partial charge in [-0.15, -0.1) is 0 Å². The Labute approximate surface area is 151 Å². The van der Waals surface area contributed by atoms with Gasteiger partial charge in [-0.3, -0.25) is 9.78 Å². The first kappa shape index (κ1) is 17.4. The van der Waals surface area contributed by atoms with Gasteiger partial charge in [0.25, 0.3) is 5.91 Å². The first-order valence-electron chi connectivity index (χ1n) is 8.07. The summed E-state index contributed by atoms with van der Waals surface area (Å²) >= 11 is 0. The number of aromatic nitrogens is 2. The Hall–Kier alpha value is -3.41. The van der Waals surface area contributed by atoms with Crippen molar-refractivity contribution >= 4 is 5.91 Å². The van der Waals surface area contributed by atoms with Crippen molar-refractivity contribution in [1.29, 1.82) is 0 Å². The van der Waals surface area contributed by atoms with E-state index in [1.54, 1.807) is 7.11 Å². The molecule has 6 heteroatoms. The summed E-state index contributed by atoms with van der Waals surface area (Å²) in [5, 5.41) is 3.01.